The molecule has 2 heterocycles. The van der Waals surface area contributed by atoms with Crippen molar-refractivity contribution in [3.8, 4) is 0 Å². The number of hydrogen-bond donors (Lipinski definition) is 0. The van der Waals surface area contributed by atoms with Gasteiger partial charge >= 0.3 is 0 Å². The van der Waals surface area contributed by atoms with Crippen LogP contribution in [0.4, 0.5) is 4.39 Å². The summed E-state index contributed by atoms with van der Waals surface area (Å²) in [4.78, 5) is 4.67. The summed E-state index contributed by atoms with van der Waals surface area (Å²) in [5.74, 6) is 0.791. The largest absolute Gasteiger partial charge is 0.300 e. The van der Waals surface area contributed by atoms with E-state index >= 15 is 4.39 Å². The first-order chi connectivity index (χ1) is 9.50. The van der Waals surface area contributed by atoms with E-state index in [1.807, 2.05) is 0 Å². The Labute approximate surface area is 131 Å². The zero-order valence-electron chi connectivity index (χ0n) is 15.0. The van der Waals surface area contributed by atoms with Crippen LogP contribution >= 0.6 is 0 Å². The van der Waals surface area contributed by atoms with Crippen molar-refractivity contribution < 1.29 is 4.39 Å². The van der Waals surface area contributed by atoms with Crippen molar-refractivity contribution in [1.82, 2.24) is 9.80 Å². The Balaban J connectivity index is 1.84. The fourth-order valence-electron chi connectivity index (χ4n) is 3.89. The van der Waals surface area contributed by atoms with Gasteiger partial charge in [-0.1, -0.05) is 20.8 Å². The van der Waals surface area contributed by atoms with Crippen molar-refractivity contribution in [3.05, 3.63) is 0 Å². The van der Waals surface area contributed by atoms with Crippen molar-refractivity contribution in [1.29, 1.82) is 0 Å². The average molecular weight is 298 g/mol. The number of likely N-dealkylation sites (tertiary alicyclic amines) is 2. The molecule has 0 aromatic heterocycles. The summed E-state index contributed by atoms with van der Waals surface area (Å²) in [6, 6.07) is 0. The Bertz CT molecular complexity index is 347. The van der Waals surface area contributed by atoms with E-state index in [9.17, 15) is 0 Å². The van der Waals surface area contributed by atoms with Gasteiger partial charge in [0.1, 0.15) is 5.67 Å². The van der Waals surface area contributed by atoms with Crippen LogP contribution in [0.1, 0.15) is 60.8 Å². The number of hydrogen-bond acceptors (Lipinski definition) is 2. The molecule has 0 aromatic carbocycles. The van der Waals surface area contributed by atoms with E-state index in [1.54, 1.807) is 0 Å². The quantitative estimate of drug-likeness (QED) is 0.761. The lowest BCUT2D eigenvalue weighted by Gasteiger charge is -2.40. The van der Waals surface area contributed by atoms with Crippen molar-refractivity contribution in [2.75, 3.05) is 32.7 Å². The standard InChI is InChI=1S/C18H35FN2/c1-16(2,3)15-7-10-20(11-8-15)13-18(19)9-12-21(14-18)17(4,5)6/h15H,7-14H2,1-6H3. The van der Waals surface area contributed by atoms with Crippen molar-refractivity contribution in [2.24, 2.45) is 11.3 Å². The Morgan fingerprint density at radius 3 is 2.00 bits per heavy atom. The van der Waals surface area contributed by atoms with E-state index in [2.05, 4.69) is 51.3 Å². The predicted octanol–water partition coefficient (Wildman–Crippen LogP) is 3.96. The predicted molar refractivity (Wildman–Crippen MR) is 88.4 cm³/mol. The van der Waals surface area contributed by atoms with Crippen molar-refractivity contribution >= 4 is 0 Å². The van der Waals surface area contributed by atoms with Crippen molar-refractivity contribution in [3.63, 3.8) is 0 Å². The van der Waals surface area contributed by atoms with Gasteiger partial charge in [0.05, 0.1) is 0 Å². The Hall–Kier alpha value is -0.150. The minimum absolute atomic E-state index is 0.0903. The molecule has 2 nitrogen and oxygen atoms in total. The van der Waals surface area contributed by atoms with Gasteiger partial charge in [-0.3, -0.25) is 4.90 Å². The fourth-order valence-corrected chi connectivity index (χ4v) is 3.89. The molecule has 0 N–H and O–H groups in total. The number of piperidine rings is 1. The van der Waals surface area contributed by atoms with Crippen LogP contribution in [0.25, 0.3) is 0 Å². The summed E-state index contributed by atoms with van der Waals surface area (Å²) < 4.78 is 15.1. The summed E-state index contributed by atoms with van der Waals surface area (Å²) in [6.45, 7) is 17.9. The summed E-state index contributed by atoms with van der Waals surface area (Å²) in [7, 11) is 0. The lowest BCUT2D eigenvalue weighted by Crippen LogP contribution is -2.48. The molecule has 0 aliphatic carbocycles. The van der Waals surface area contributed by atoms with E-state index in [0.717, 1.165) is 25.6 Å². The van der Waals surface area contributed by atoms with Gasteiger partial charge in [0.15, 0.2) is 0 Å². The van der Waals surface area contributed by atoms with Crippen LogP contribution in [0.3, 0.4) is 0 Å². The molecule has 0 spiro atoms. The molecule has 2 aliphatic rings. The zero-order valence-corrected chi connectivity index (χ0v) is 15.0. The Morgan fingerprint density at radius 2 is 1.57 bits per heavy atom. The van der Waals surface area contributed by atoms with Crippen LogP contribution in [0.15, 0.2) is 0 Å². The highest BCUT2D eigenvalue weighted by Gasteiger charge is 2.43. The van der Waals surface area contributed by atoms with E-state index in [0.29, 0.717) is 24.9 Å². The van der Waals surface area contributed by atoms with Gasteiger partial charge in [0.25, 0.3) is 0 Å². The number of alkyl halides is 1. The normalized spacial score (nSPS) is 31.0. The molecule has 0 bridgehead atoms. The Kier molecular flexibility index (Phi) is 4.76. The fraction of sp³-hybridized carbons (Fsp3) is 1.00. The molecule has 2 rings (SSSR count). The summed E-state index contributed by atoms with van der Waals surface area (Å²) in [5, 5.41) is 0. The third-order valence-electron chi connectivity index (χ3n) is 5.57. The maximum Gasteiger partial charge on any atom is 0.137 e. The van der Waals surface area contributed by atoms with Crippen LogP contribution in [0, 0.1) is 11.3 Å². The molecule has 2 fully saturated rings. The molecule has 2 saturated heterocycles. The molecule has 1 atom stereocenters. The molecular formula is C18H35FN2. The first-order valence-electron chi connectivity index (χ1n) is 8.66. The topological polar surface area (TPSA) is 6.48 Å². The Morgan fingerprint density at radius 1 is 1.00 bits per heavy atom. The highest BCUT2D eigenvalue weighted by atomic mass is 19.1. The molecule has 3 heteroatoms. The lowest BCUT2D eigenvalue weighted by atomic mass is 9.75. The van der Waals surface area contributed by atoms with E-state index < -0.39 is 5.67 Å². The molecular weight excluding hydrogens is 263 g/mol. The second-order valence-electron chi connectivity index (χ2n) is 9.41. The van der Waals surface area contributed by atoms with Crippen LogP contribution in [-0.2, 0) is 0 Å². The number of nitrogens with zero attached hydrogens (tertiary/aromatic N) is 2. The summed E-state index contributed by atoms with van der Waals surface area (Å²) >= 11 is 0. The molecule has 0 radical (unpaired) electrons. The SMILES string of the molecule is CC(C)(C)C1CCN(CC2(F)CCN(C(C)(C)C)C2)CC1. The van der Waals surface area contributed by atoms with Gasteiger partial charge < -0.3 is 4.90 Å². The molecule has 0 amide bonds. The van der Waals surface area contributed by atoms with Gasteiger partial charge in [-0.15, -0.1) is 0 Å². The molecule has 0 aromatic rings. The number of halogens is 1. The van der Waals surface area contributed by atoms with E-state index in [1.165, 1.54) is 12.8 Å². The van der Waals surface area contributed by atoms with Crippen LogP contribution < -0.4 is 0 Å². The van der Waals surface area contributed by atoms with Gasteiger partial charge in [0, 0.05) is 25.2 Å². The second-order valence-corrected chi connectivity index (χ2v) is 9.41. The highest BCUT2D eigenvalue weighted by Crippen LogP contribution is 2.36. The molecule has 21 heavy (non-hydrogen) atoms. The van der Waals surface area contributed by atoms with Gasteiger partial charge in [-0.25, -0.2) is 4.39 Å². The third kappa shape index (κ3) is 4.41. The highest BCUT2D eigenvalue weighted by molar-refractivity contribution is 4.97. The van der Waals surface area contributed by atoms with Gasteiger partial charge in [0.2, 0.25) is 0 Å². The van der Waals surface area contributed by atoms with E-state index in [4.69, 9.17) is 0 Å². The zero-order chi connectivity index (χ0) is 15.9. The van der Waals surface area contributed by atoms with Crippen LogP contribution in [-0.4, -0.2) is 53.7 Å². The minimum atomic E-state index is -0.998. The van der Waals surface area contributed by atoms with Crippen molar-refractivity contribution in [2.45, 2.75) is 72.0 Å². The van der Waals surface area contributed by atoms with Gasteiger partial charge in [-0.2, -0.15) is 0 Å². The van der Waals surface area contributed by atoms with Crippen LogP contribution in [0.5, 0.6) is 0 Å². The monoisotopic (exact) mass is 298 g/mol. The van der Waals surface area contributed by atoms with E-state index in [-0.39, 0.29) is 5.54 Å². The third-order valence-corrected chi connectivity index (χ3v) is 5.57. The maximum atomic E-state index is 15.1. The van der Waals surface area contributed by atoms with Crippen LogP contribution in [0.2, 0.25) is 0 Å². The lowest BCUT2D eigenvalue weighted by molar-refractivity contribution is 0.0469. The smallest absolute Gasteiger partial charge is 0.137 e. The maximum absolute atomic E-state index is 15.1. The molecule has 0 saturated carbocycles. The number of rotatable bonds is 2. The average Bonchev–Trinajstić information content (AvgIpc) is 2.71. The second kappa shape index (κ2) is 5.81. The summed E-state index contributed by atoms with van der Waals surface area (Å²) in [6.07, 6.45) is 3.15. The summed E-state index contributed by atoms with van der Waals surface area (Å²) in [5.41, 5.74) is -0.509. The first kappa shape index (κ1) is 17.2. The molecule has 1 unspecified atom stereocenters. The minimum Gasteiger partial charge on any atom is -0.300 e. The van der Waals surface area contributed by atoms with Gasteiger partial charge in [-0.05, 0) is 64.5 Å². The first-order valence-corrected chi connectivity index (χ1v) is 8.66. The molecule has 2 aliphatic heterocycles. The molecule has 124 valence electrons.